The zero-order valence-electron chi connectivity index (χ0n) is 16.5. The molecular formula is C24H19N3O4. The molecule has 0 unspecified atom stereocenters. The average molecular weight is 413 g/mol. The number of anilines is 1. The maximum absolute atomic E-state index is 12.6. The number of carbonyl (C=O) groups excluding carboxylic acids is 1. The molecule has 4 N–H and O–H groups in total. The molecule has 8 rings (SSSR count). The highest BCUT2D eigenvalue weighted by molar-refractivity contribution is 6.24. The van der Waals surface area contributed by atoms with Crippen molar-refractivity contribution in [1.29, 1.82) is 0 Å². The lowest BCUT2D eigenvalue weighted by Gasteiger charge is -2.60. The van der Waals surface area contributed by atoms with Crippen molar-refractivity contribution in [2.75, 3.05) is 11.9 Å². The number of carbonyl (C=O) groups is 1. The zero-order valence-corrected chi connectivity index (χ0v) is 16.5. The van der Waals surface area contributed by atoms with Crippen molar-refractivity contribution in [3.05, 3.63) is 58.3 Å². The van der Waals surface area contributed by atoms with Crippen LogP contribution in [0, 0.1) is 0 Å². The molecule has 5 aliphatic rings. The maximum Gasteiger partial charge on any atom is 0.256 e. The molecule has 4 atom stereocenters. The molecule has 1 amide bonds. The van der Waals surface area contributed by atoms with Crippen molar-refractivity contribution >= 4 is 22.5 Å². The second kappa shape index (κ2) is 4.84. The number of benzene rings is 2. The third-order valence-electron chi connectivity index (χ3n) is 8.36. The predicted molar refractivity (Wildman–Crippen MR) is 112 cm³/mol. The van der Waals surface area contributed by atoms with Crippen molar-refractivity contribution in [3.63, 3.8) is 0 Å². The summed E-state index contributed by atoms with van der Waals surface area (Å²) >= 11 is 0. The van der Waals surface area contributed by atoms with E-state index in [0.29, 0.717) is 30.6 Å². The molecule has 2 aliphatic carbocycles. The van der Waals surface area contributed by atoms with Gasteiger partial charge < -0.3 is 25.6 Å². The predicted octanol–water partition coefficient (Wildman–Crippen LogP) is 2.08. The van der Waals surface area contributed by atoms with Gasteiger partial charge in [-0.3, -0.25) is 4.79 Å². The Balaban J connectivity index is 1.51. The first kappa shape index (κ1) is 16.5. The number of rotatable bonds is 0. The SMILES string of the molecule is O=C1Nc2c3c(nc4cccc1c24)[C@@H]1Oc2c(O)ccc4c2[C@@]12CCN[C@@H](C4)[C@]2(O)C3. The minimum Gasteiger partial charge on any atom is -0.504 e. The fraction of sp³-hybridized carbons (Fsp3) is 0.333. The van der Waals surface area contributed by atoms with Crippen LogP contribution < -0.4 is 15.4 Å². The molecule has 2 aromatic carbocycles. The van der Waals surface area contributed by atoms with Crippen molar-refractivity contribution in [3.8, 4) is 11.5 Å². The van der Waals surface area contributed by atoms with E-state index in [1.807, 2.05) is 24.3 Å². The number of phenols is 1. The van der Waals surface area contributed by atoms with Gasteiger partial charge in [0.15, 0.2) is 17.6 Å². The summed E-state index contributed by atoms with van der Waals surface area (Å²) in [5.74, 6) is 0.440. The summed E-state index contributed by atoms with van der Waals surface area (Å²) < 4.78 is 6.48. The van der Waals surface area contributed by atoms with E-state index in [9.17, 15) is 15.0 Å². The van der Waals surface area contributed by atoms with Gasteiger partial charge in [-0.25, -0.2) is 4.98 Å². The van der Waals surface area contributed by atoms with Gasteiger partial charge in [0.2, 0.25) is 0 Å². The Morgan fingerprint density at radius 2 is 2.13 bits per heavy atom. The summed E-state index contributed by atoms with van der Waals surface area (Å²) in [6, 6.07) is 9.07. The highest BCUT2D eigenvalue weighted by Crippen LogP contribution is 2.68. The van der Waals surface area contributed by atoms with Gasteiger partial charge in [-0.2, -0.15) is 0 Å². The number of hydrogen-bond donors (Lipinski definition) is 4. The van der Waals surface area contributed by atoms with E-state index in [0.717, 1.165) is 45.5 Å². The van der Waals surface area contributed by atoms with Gasteiger partial charge in [-0.1, -0.05) is 12.1 Å². The Morgan fingerprint density at radius 3 is 3.03 bits per heavy atom. The van der Waals surface area contributed by atoms with Crippen LogP contribution in [-0.4, -0.2) is 39.3 Å². The minimum atomic E-state index is -1.11. The number of piperidine rings is 1. The van der Waals surface area contributed by atoms with Crippen LogP contribution in [0.5, 0.6) is 11.5 Å². The molecule has 3 aromatic rings. The highest BCUT2D eigenvalue weighted by atomic mass is 16.5. The number of aromatic hydroxyl groups is 1. The van der Waals surface area contributed by atoms with E-state index in [1.54, 1.807) is 6.07 Å². The number of phenolic OH excluding ortho intramolecular Hbond substituents is 1. The number of ether oxygens (including phenoxy) is 1. The molecule has 1 spiro atoms. The number of nitrogens with zero attached hydrogens (tertiary/aromatic N) is 1. The second-order valence-electron chi connectivity index (χ2n) is 9.48. The number of aliphatic hydroxyl groups is 1. The number of amides is 1. The molecule has 0 radical (unpaired) electrons. The molecule has 1 fully saturated rings. The third-order valence-corrected chi connectivity index (χ3v) is 8.36. The lowest BCUT2D eigenvalue weighted by atomic mass is 9.49. The number of fused-ring (bicyclic) bond motifs is 3. The molecule has 3 aliphatic heterocycles. The molecule has 1 aromatic heterocycles. The van der Waals surface area contributed by atoms with Gasteiger partial charge in [-0.05, 0) is 43.1 Å². The first-order chi connectivity index (χ1) is 15.0. The van der Waals surface area contributed by atoms with E-state index in [4.69, 9.17) is 9.72 Å². The van der Waals surface area contributed by atoms with E-state index < -0.39 is 17.1 Å². The normalized spacial score (nSPS) is 33.0. The van der Waals surface area contributed by atoms with Crippen LogP contribution in [0.1, 0.15) is 45.3 Å². The van der Waals surface area contributed by atoms with Crippen LogP contribution in [0.25, 0.3) is 10.9 Å². The summed E-state index contributed by atoms with van der Waals surface area (Å²) in [7, 11) is 0. The van der Waals surface area contributed by atoms with Gasteiger partial charge in [0.05, 0.1) is 33.5 Å². The summed E-state index contributed by atoms with van der Waals surface area (Å²) in [5, 5.41) is 30.4. The second-order valence-corrected chi connectivity index (χ2v) is 9.48. The lowest BCUT2D eigenvalue weighted by molar-refractivity contribution is -0.134. The number of hydrogen-bond acceptors (Lipinski definition) is 6. The third kappa shape index (κ3) is 1.57. The van der Waals surface area contributed by atoms with Gasteiger partial charge in [-0.15, -0.1) is 0 Å². The van der Waals surface area contributed by atoms with Crippen LogP contribution in [0.2, 0.25) is 0 Å². The Morgan fingerprint density at radius 1 is 1.23 bits per heavy atom. The van der Waals surface area contributed by atoms with E-state index in [1.165, 1.54) is 0 Å². The minimum absolute atomic E-state index is 0.101. The summed E-state index contributed by atoms with van der Waals surface area (Å²) in [6.45, 7) is 0.762. The van der Waals surface area contributed by atoms with Crippen LogP contribution in [0.15, 0.2) is 30.3 Å². The maximum atomic E-state index is 12.6. The van der Waals surface area contributed by atoms with Gasteiger partial charge in [0, 0.05) is 29.0 Å². The smallest absolute Gasteiger partial charge is 0.256 e. The molecule has 154 valence electrons. The number of pyridine rings is 1. The van der Waals surface area contributed by atoms with Crippen molar-refractivity contribution in [2.45, 2.75) is 42.4 Å². The number of nitrogens with one attached hydrogen (secondary N) is 2. The topological polar surface area (TPSA) is 104 Å². The average Bonchev–Trinajstić information content (AvgIpc) is 3.27. The Labute approximate surface area is 177 Å². The Hall–Kier alpha value is -3.16. The Kier molecular flexibility index (Phi) is 2.58. The molecule has 7 heteroatoms. The van der Waals surface area contributed by atoms with E-state index in [2.05, 4.69) is 10.6 Å². The highest BCUT2D eigenvalue weighted by Gasteiger charge is 2.71. The molecule has 7 nitrogen and oxygen atoms in total. The van der Waals surface area contributed by atoms with Gasteiger partial charge in [0.1, 0.15) is 0 Å². The molecular weight excluding hydrogens is 394 g/mol. The van der Waals surface area contributed by atoms with Gasteiger partial charge in [0.25, 0.3) is 5.91 Å². The largest absolute Gasteiger partial charge is 0.504 e. The molecule has 1 saturated heterocycles. The molecule has 4 heterocycles. The zero-order chi connectivity index (χ0) is 20.7. The van der Waals surface area contributed by atoms with Crippen LogP contribution in [0.4, 0.5) is 5.69 Å². The lowest BCUT2D eigenvalue weighted by Crippen LogP contribution is -2.74. The molecule has 31 heavy (non-hydrogen) atoms. The van der Waals surface area contributed by atoms with Crippen molar-refractivity contribution < 1.29 is 19.7 Å². The van der Waals surface area contributed by atoms with E-state index in [-0.39, 0.29) is 17.7 Å². The van der Waals surface area contributed by atoms with Crippen LogP contribution in [0.3, 0.4) is 0 Å². The first-order valence-corrected chi connectivity index (χ1v) is 10.8. The van der Waals surface area contributed by atoms with Crippen LogP contribution >= 0.6 is 0 Å². The van der Waals surface area contributed by atoms with Crippen LogP contribution in [-0.2, 0) is 18.3 Å². The molecule has 0 saturated carbocycles. The number of aromatic nitrogens is 1. The quantitative estimate of drug-likeness (QED) is 0.450. The van der Waals surface area contributed by atoms with Crippen molar-refractivity contribution in [1.82, 2.24) is 10.3 Å². The fourth-order valence-electron chi connectivity index (χ4n) is 7.16. The summed E-state index contributed by atoms with van der Waals surface area (Å²) in [6.07, 6.45) is 1.21. The standard InChI is InChI=1S/C24H19N3O4/c28-14-5-4-10-8-15-24(30)9-12-18-16-11(22(29)27-18)2-1-3-13(16)26-19(12)21-23(24,6-7-25-15)17(10)20(14)31-21/h1-5,15,21,25,28,30H,6-9H2,(H,27,29)/t15-,21-,23-,24+/m0/s1. The first-order valence-electron chi connectivity index (χ1n) is 10.8. The molecule has 2 bridgehead atoms. The Bertz CT molecular complexity index is 1400. The van der Waals surface area contributed by atoms with Crippen molar-refractivity contribution in [2.24, 2.45) is 0 Å². The fourth-order valence-corrected chi connectivity index (χ4v) is 7.16. The van der Waals surface area contributed by atoms with Gasteiger partial charge >= 0.3 is 0 Å². The summed E-state index contributed by atoms with van der Waals surface area (Å²) in [5.41, 5.74) is 3.99. The van der Waals surface area contributed by atoms with E-state index >= 15 is 0 Å². The monoisotopic (exact) mass is 413 g/mol. The summed E-state index contributed by atoms with van der Waals surface area (Å²) in [4.78, 5) is 17.6.